The Kier molecular flexibility index (Phi) is 2.69. The molecule has 0 saturated carbocycles. The lowest BCUT2D eigenvalue weighted by Gasteiger charge is -1.98. The van der Waals surface area contributed by atoms with Gasteiger partial charge in [0.25, 0.3) is 0 Å². The molecule has 92 valence electrons. The zero-order valence-corrected chi connectivity index (χ0v) is 10.4. The van der Waals surface area contributed by atoms with Crippen molar-refractivity contribution in [3.8, 4) is 17.5 Å². The fraction of sp³-hybridized carbons (Fsp3) is 0. The van der Waals surface area contributed by atoms with Gasteiger partial charge in [0.1, 0.15) is 23.2 Å². The number of hydrogen-bond donors (Lipinski definition) is 1. The van der Waals surface area contributed by atoms with Crippen LogP contribution in [0.3, 0.4) is 0 Å². The van der Waals surface area contributed by atoms with Gasteiger partial charge >= 0.3 is 0 Å². The van der Waals surface area contributed by atoms with Crippen LogP contribution in [0.1, 0.15) is 5.56 Å². The largest absolute Gasteiger partial charge is 0.338 e. The monoisotopic (exact) mass is 271 g/mol. The highest BCUT2D eigenvalue weighted by molar-refractivity contribution is 6.31. The fourth-order valence-electron chi connectivity index (χ4n) is 1.90. The van der Waals surface area contributed by atoms with Crippen molar-refractivity contribution in [1.29, 1.82) is 5.26 Å². The van der Waals surface area contributed by atoms with E-state index in [1.165, 1.54) is 12.1 Å². The highest BCUT2D eigenvalue weighted by Crippen LogP contribution is 2.25. The SMILES string of the molecule is N#Cc1cccc2[nH]c(-c3ccc(F)c(Cl)c3)nc12. The minimum absolute atomic E-state index is 0.0402. The molecule has 3 aromatic rings. The molecule has 5 heteroatoms. The van der Waals surface area contributed by atoms with E-state index < -0.39 is 5.82 Å². The van der Waals surface area contributed by atoms with Gasteiger partial charge in [-0.25, -0.2) is 9.37 Å². The number of aromatic nitrogens is 2. The third-order valence-electron chi connectivity index (χ3n) is 2.83. The molecule has 0 aliphatic carbocycles. The molecule has 0 fully saturated rings. The summed E-state index contributed by atoms with van der Waals surface area (Å²) in [7, 11) is 0. The van der Waals surface area contributed by atoms with Gasteiger partial charge in [0.05, 0.1) is 16.1 Å². The molecule has 0 spiro atoms. The first-order chi connectivity index (χ1) is 9.19. The zero-order chi connectivity index (χ0) is 13.4. The van der Waals surface area contributed by atoms with Gasteiger partial charge in [-0.2, -0.15) is 5.26 Å². The van der Waals surface area contributed by atoms with E-state index in [2.05, 4.69) is 16.0 Å². The minimum atomic E-state index is -0.473. The summed E-state index contributed by atoms with van der Waals surface area (Å²) in [5.74, 6) is 0.0823. The quantitative estimate of drug-likeness (QED) is 0.730. The Labute approximate surface area is 113 Å². The standard InChI is InChI=1S/C14H7ClFN3/c15-10-6-8(4-5-11(10)16)14-18-12-3-1-2-9(7-17)13(12)19-14/h1-6H,(H,18,19). The van der Waals surface area contributed by atoms with Gasteiger partial charge < -0.3 is 4.98 Å². The van der Waals surface area contributed by atoms with Gasteiger partial charge in [0, 0.05) is 5.56 Å². The van der Waals surface area contributed by atoms with Gasteiger partial charge in [-0.3, -0.25) is 0 Å². The van der Waals surface area contributed by atoms with E-state index in [1.807, 2.05) is 6.07 Å². The lowest BCUT2D eigenvalue weighted by Crippen LogP contribution is -1.83. The molecular formula is C14H7ClFN3. The van der Waals surface area contributed by atoms with E-state index in [4.69, 9.17) is 16.9 Å². The summed E-state index contributed by atoms with van der Waals surface area (Å²) in [6.07, 6.45) is 0. The third kappa shape index (κ3) is 1.94. The molecule has 1 aromatic heterocycles. The van der Waals surface area contributed by atoms with Crippen LogP contribution in [0.2, 0.25) is 5.02 Å². The number of benzene rings is 2. The summed E-state index contributed by atoms with van der Waals surface area (Å²) in [6, 6.07) is 11.8. The highest BCUT2D eigenvalue weighted by atomic mass is 35.5. The molecule has 1 N–H and O–H groups in total. The number of aromatic amines is 1. The number of imidazole rings is 1. The average Bonchev–Trinajstić information content (AvgIpc) is 2.85. The van der Waals surface area contributed by atoms with Gasteiger partial charge in [-0.15, -0.1) is 0 Å². The van der Waals surface area contributed by atoms with E-state index in [1.54, 1.807) is 18.2 Å². The maximum absolute atomic E-state index is 13.1. The average molecular weight is 272 g/mol. The van der Waals surface area contributed by atoms with Crippen LogP contribution in [-0.2, 0) is 0 Å². The van der Waals surface area contributed by atoms with Gasteiger partial charge in [0.2, 0.25) is 0 Å². The maximum Gasteiger partial charge on any atom is 0.141 e. The second-order valence-corrected chi connectivity index (χ2v) is 4.44. The first-order valence-electron chi connectivity index (χ1n) is 5.53. The van der Waals surface area contributed by atoms with Crippen molar-refractivity contribution in [2.24, 2.45) is 0 Å². The number of nitrogens with zero attached hydrogens (tertiary/aromatic N) is 2. The van der Waals surface area contributed by atoms with Crippen molar-refractivity contribution in [3.05, 3.63) is 52.8 Å². The molecule has 0 saturated heterocycles. The van der Waals surface area contributed by atoms with Crippen molar-refractivity contribution in [2.45, 2.75) is 0 Å². The summed E-state index contributed by atoms with van der Waals surface area (Å²) in [5, 5.41) is 9.06. The maximum atomic E-state index is 13.1. The van der Waals surface area contributed by atoms with Crippen LogP contribution in [0, 0.1) is 17.1 Å². The number of halogens is 2. The van der Waals surface area contributed by atoms with Gasteiger partial charge in [0.15, 0.2) is 0 Å². The van der Waals surface area contributed by atoms with Crippen molar-refractivity contribution in [1.82, 2.24) is 9.97 Å². The van der Waals surface area contributed by atoms with E-state index in [9.17, 15) is 4.39 Å². The molecular weight excluding hydrogens is 265 g/mol. The molecule has 0 aliphatic heterocycles. The predicted molar refractivity (Wildman–Crippen MR) is 71.2 cm³/mol. The van der Waals surface area contributed by atoms with Crippen LogP contribution in [0.15, 0.2) is 36.4 Å². The Morgan fingerprint density at radius 3 is 2.84 bits per heavy atom. The first-order valence-corrected chi connectivity index (χ1v) is 5.91. The fourth-order valence-corrected chi connectivity index (χ4v) is 2.08. The summed E-state index contributed by atoms with van der Waals surface area (Å²) in [6.45, 7) is 0. The van der Waals surface area contributed by atoms with Crippen LogP contribution in [-0.4, -0.2) is 9.97 Å². The first kappa shape index (κ1) is 11.7. The number of nitriles is 1. The van der Waals surface area contributed by atoms with E-state index >= 15 is 0 Å². The highest BCUT2D eigenvalue weighted by Gasteiger charge is 2.10. The zero-order valence-electron chi connectivity index (χ0n) is 9.61. The van der Waals surface area contributed by atoms with Crippen LogP contribution >= 0.6 is 11.6 Å². The van der Waals surface area contributed by atoms with Gasteiger partial charge in [-0.05, 0) is 30.3 Å². The Bertz CT molecular complexity index is 817. The summed E-state index contributed by atoms with van der Waals surface area (Å²) < 4.78 is 13.1. The summed E-state index contributed by atoms with van der Waals surface area (Å²) >= 11 is 5.75. The van der Waals surface area contributed by atoms with Crippen molar-refractivity contribution in [2.75, 3.05) is 0 Å². The minimum Gasteiger partial charge on any atom is -0.338 e. The number of hydrogen-bond acceptors (Lipinski definition) is 2. The molecule has 2 aromatic carbocycles. The smallest absolute Gasteiger partial charge is 0.141 e. The van der Waals surface area contributed by atoms with E-state index in [-0.39, 0.29) is 5.02 Å². The lowest BCUT2D eigenvalue weighted by molar-refractivity contribution is 0.628. The van der Waals surface area contributed by atoms with Crippen molar-refractivity contribution in [3.63, 3.8) is 0 Å². The van der Waals surface area contributed by atoms with E-state index in [0.717, 1.165) is 5.52 Å². The van der Waals surface area contributed by atoms with Crippen molar-refractivity contribution < 1.29 is 4.39 Å². The third-order valence-corrected chi connectivity index (χ3v) is 3.12. The molecule has 1 heterocycles. The summed E-state index contributed by atoms with van der Waals surface area (Å²) in [4.78, 5) is 7.46. The molecule has 0 unspecified atom stereocenters. The molecule has 3 rings (SSSR count). The Morgan fingerprint density at radius 2 is 2.11 bits per heavy atom. The van der Waals surface area contributed by atoms with Crippen molar-refractivity contribution >= 4 is 22.6 Å². The number of fused-ring (bicyclic) bond motifs is 1. The molecule has 0 atom stereocenters. The molecule has 0 radical (unpaired) electrons. The lowest BCUT2D eigenvalue weighted by atomic mass is 10.2. The Hall–Kier alpha value is -2.38. The second kappa shape index (κ2) is 4.38. The van der Waals surface area contributed by atoms with Crippen LogP contribution in [0.25, 0.3) is 22.4 Å². The molecule has 0 bridgehead atoms. The van der Waals surface area contributed by atoms with Crippen LogP contribution in [0.4, 0.5) is 4.39 Å². The topological polar surface area (TPSA) is 52.5 Å². The number of H-pyrrole nitrogens is 1. The van der Waals surface area contributed by atoms with Crippen LogP contribution < -0.4 is 0 Å². The van der Waals surface area contributed by atoms with Gasteiger partial charge in [-0.1, -0.05) is 17.7 Å². The Morgan fingerprint density at radius 1 is 1.26 bits per heavy atom. The second-order valence-electron chi connectivity index (χ2n) is 4.03. The molecule has 3 nitrogen and oxygen atoms in total. The molecule has 19 heavy (non-hydrogen) atoms. The number of rotatable bonds is 1. The normalized spacial score (nSPS) is 10.6. The van der Waals surface area contributed by atoms with Crippen LogP contribution in [0.5, 0.6) is 0 Å². The predicted octanol–water partition coefficient (Wildman–Crippen LogP) is 3.89. The van der Waals surface area contributed by atoms with E-state index in [0.29, 0.717) is 22.5 Å². The number of nitrogens with one attached hydrogen (secondary N) is 1. The Balaban J connectivity index is 2.21. The molecule has 0 aliphatic rings. The summed E-state index contributed by atoms with van der Waals surface area (Å²) in [5.41, 5.74) is 2.52. The number of para-hydroxylation sites is 1. The molecule has 0 amide bonds.